The van der Waals surface area contributed by atoms with Crippen LogP contribution in [0.2, 0.25) is 0 Å². The zero-order valence-corrected chi connectivity index (χ0v) is 6.84. The molecule has 0 spiro atoms. The zero-order valence-electron chi connectivity index (χ0n) is 6.02. The van der Waals surface area contributed by atoms with Gasteiger partial charge in [0.25, 0.3) is 0 Å². The third-order valence-electron chi connectivity index (χ3n) is 1.86. The number of nitrogens with one attached hydrogen (secondary N) is 1. The molecule has 1 unspecified atom stereocenters. The van der Waals surface area contributed by atoms with Gasteiger partial charge in [-0.15, -0.1) is 12.4 Å². The smallest absolute Gasteiger partial charge is 0.00200 e. The second-order valence-corrected chi connectivity index (χ2v) is 2.65. The Balaban J connectivity index is 0.000000640. The van der Waals surface area contributed by atoms with Crippen LogP contribution < -0.4 is 5.32 Å². The predicted molar refractivity (Wildman–Crippen MR) is 43.1 cm³/mol. The number of hydrogen-bond acceptors (Lipinski definition) is 1. The third-order valence-corrected chi connectivity index (χ3v) is 1.86. The molecule has 0 saturated carbocycles. The summed E-state index contributed by atoms with van der Waals surface area (Å²) in [5, 5.41) is 3.36. The van der Waals surface area contributed by atoms with Crippen LogP contribution in [0, 0.1) is 5.92 Å². The first-order valence-corrected chi connectivity index (χ1v) is 3.64. The van der Waals surface area contributed by atoms with Gasteiger partial charge in [-0.3, -0.25) is 0 Å². The van der Waals surface area contributed by atoms with E-state index in [9.17, 15) is 0 Å². The van der Waals surface area contributed by atoms with Gasteiger partial charge in [-0.05, 0) is 31.8 Å². The van der Waals surface area contributed by atoms with Crippen molar-refractivity contribution in [1.29, 1.82) is 0 Å². The highest BCUT2D eigenvalue weighted by atomic mass is 35.5. The Morgan fingerprint density at radius 3 is 2.78 bits per heavy atom. The fraction of sp³-hybridized carbons (Fsp3) is 1.00. The van der Waals surface area contributed by atoms with E-state index in [1.807, 2.05) is 0 Å². The van der Waals surface area contributed by atoms with Crippen molar-refractivity contribution in [2.24, 2.45) is 5.92 Å². The SMILES string of the molecule is CCCC1CCNC1.Cl. The minimum absolute atomic E-state index is 0. The third kappa shape index (κ3) is 3.07. The molecule has 9 heavy (non-hydrogen) atoms. The van der Waals surface area contributed by atoms with Crippen molar-refractivity contribution in [2.45, 2.75) is 26.2 Å². The molecule has 0 aromatic heterocycles. The first-order chi connectivity index (χ1) is 3.93. The molecule has 0 aromatic rings. The Labute approximate surface area is 63.6 Å². The zero-order chi connectivity index (χ0) is 5.82. The maximum atomic E-state index is 3.36. The predicted octanol–water partition coefficient (Wildman–Crippen LogP) is 1.82. The summed E-state index contributed by atoms with van der Waals surface area (Å²) in [7, 11) is 0. The lowest BCUT2D eigenvalue weighted by Gasteiger charge is -2.02. The maximum Gasteiger partial charge on any atom is -0.00200 e. The highest BCUT2D eigenvalue weighted by molar-refractivity contribution is 5.85. The van der Waals surface area contributed by atoms with Crippen LogP contribution in [0.4, 0.5) is 0 Å². The van der Waals surface area contributed by atoms with Crippen LogP contribution in [-0.2, 0) is 0 Å². The van der Waals surface area contributed by atoms with E-state index < -0.39 is 0 Å². The van der Waals surface area contributed by atoms with E-state index in [1.54, 1.807) is 0 Å². The topological polar surface area (TPSA) is 12.0 Å². The molecule has 1 N–H and O–H groups in total. The van der Waals surface area contributed by atoms with Crippen molar-refractivity contribution < 1.29 is 0 Å². The van der Waals surface area contributed by atoms with Crippen molar-refractivity contribution in [3.63, 3.8) is 0 Å². The molecule has 0 aliphatic carbocycles. The summed E-state index contributed by atoms with van der Waals surface area (Å²) in [4.78, 5) is 0. The van der Waals surface area contributed by atoms with E-state index in [0.29, 0.717) is 0 Å². The van der Waals surface area contributed by atoms with E-state index in [4.69, 9.17) is 0 Å². The van der Waals surface area contributed by atoms with Crippen LogP contribution in [0.25, 0.3) is 0 Å². The van der Waals surface area contributed by atoms with Gasteiger partial charge >= 0.3 is 0 Å². The molecule has 1 rings (SSSR count). The second-order valence-electron chi connectivity index (χ2n) is 2.65. The van der Waals surface area contributed by atoms with Gasteiger partial charge in [-0.1, -0.05) is 13.3 Å². The monoisotopic (exact) mass is 149 g/mol. The van der Waals surface area contributed by atoms with Crippen molar-refractivity contribution in [3.8, 4) is 0 Å². The largest absolute Gasteiger partial charge is 0.316 e. The minimum Gasteiger partial charge on any atom is -0.316 e. The minimum atomic E-state index is 0. The molecule has 1 fully saturated rings. The van der Waals surface area contributed by atoms with Crippen molar-refractivity contribution in [1.82, 2.24) is 5.32 Å². The Kier molecular flexibility index (Phi) is 5.21. The summed E-state index contributed by atoms with van der Waals surface area (Å²) in [5.74, 6) is 1.000. The highest BCUT2D eigenvalue weighted by Gasteiger charge is 2.11. The first-order valence-electron chi connectivity index (χ1n) is 3.64. The maximum absolute atomic E-state index is 3.36. The molecule has 1 atom stereocenters. The van der Waals surface area contributed by atoms with Crippen LogP contribution in [0.15, 0.2) is 0 Å². The van der Waals surface area contributed by atoms with Crippen LogP contribution in [0.5, 0.6) is 0 Å². The summed E-state index contributed by atoms with van der Waals surface area (Å²) >= 11 is 0. The molecule has 0 bridgehead atoms. The highest BCUT2D eigenvalue weighted by Crippen LogP contribution is 2.12. The fourth-order valence-electron chi connectivity index (χ4n) is 1.37. The molecular weight excluding hydrogens is 134 g/mol. The van der Waals surface area contributed by atoms with Gasteiger partial charge in [0.2, 0.25) is 0 Å². The fourth-order valence-corrected chi connectivity index (χ4v) is 1.37. The van der Waals surface area contributed by atoms with Crippen molar-refractivity contribution >= 4 is 12.4 Å². The lowest BCUT2D eigenvalue weighted by Crippen LogP contribution is -2.08. The van der Waals surface area contributed by atoms with Gasteiger partial charge in [0, 0.05) is 0 Å². The van der Waals surface area contributed by atoms with Gasteiger partial charge < -0.3 is 5.32 Å². The number of hydrogen-bond donors (Lipinski definition) is 1. The molecule has 1 aliphatic rings. The van der Waals surface area contributed by atoms with E-state index in [1.165, 1.54) is 32.4 Å². The van der Waals surface area contributed by atoms with Crippen molar-refractivity contribution in [3.05, 3.63) is 0 Å². The Morgan fingerprint density at radius 2 is 2.33 bits per heavy atom. The molecule has 0 aromatic carbocycles. The Morgan fingerprint density at radius 1 is 1.56 bits per heavy atom. The van der Waals surface area contributed by atoms with E-state index >= 15 is 0 Å². The van der Waals surface area contributed by atoms with Crippen LogP contribution in [-0.4, -0.2) is 13.1 Å². The molecule has 2 heteroatoms. The van der Waals surface area contributed by atoms with Crippen LogP contribution >= 0.6 is 12.4 Å². The molecular formula is C7H16ClN. The second kappa shape index (κ2) is 5.07. The van der Waals surface area contributed by atoms with E-state index in [-0.39, 0.29) is 12.4 Å². The van der Waals surface area contributed by atoms with Gasteiger partial charge in [0.05, 0.1) is 0 Å². The summed E-state index contributed by atoms with van der Waals surface area (Å²) in [6.45, 7) is 4.79. The quantitative estimate of drug-likeness (QED) is 0.632. The van der Waals surface area contributed by atoms with E-state index in [0.717, 1.165) is 5.92 Å². The summed E-state index contributed by atoms with van der Waals surface area (Å²) < 4.78 is 0. The molecule has 1 saturated heterocycles. The molecule has 56 valence electrons. The normalized spacial score (nSPS) is 25.7. The average molecular weight is 150 g/mol. The standard InChI is InChI=1S/C7H15N.ClH/c1-2-3-7-4-5-8-6-7;/h7-8H,2-6H2,1H3;1H. The molecule has 0 radical (unpaired) electrons. The average Bonchev–Trinajstić information content (AvgIpc) is 2.19. The Bertz CT molecular complexity index is 59.9. The van der Waals surface area contributed by atoms with Gasteiger partial charge in [0.1, 0.15) is 0 Å². The van der Waals surface area contributed by atoms with Gasteiger partial charge in [-0.2, -0.15) is 0 Å². The summed E-state index contributed by atoms with van der Waals surface area (Å²) in [5.41, 5.74) is 0. The Hall–Kier alpha value is 0.250. The molecule has 0 amide bonds. The lowest BCUT2D eigenvalue weighted by molar-refractivity contribution is 0.525. The van der Waals surface area contributed by atoms with Crippen LogP contribution in [0.1, 0.15) is 26.2 Å². The summed E-state index contributed by atoms with van der Waals surface area (Å²) in [6.07, 6.45) is 4.19. The van der Waals surface area contributed by atoms with Gasteiger partial charge in [-0.25, -0.2) is 0 Å². The van der Waals surface area contributed by atoms with Crippen molar-refractivity contribution in [2.75, 3.05) is 13.1 Å². The molecule has 1 nitrogen and oxygen atoms in total. The lowest BCUT2D eigenvalue weighted by atomic mass is 10.0. The number of halogens is 1. The van der Waals surface area contributed by atoms with Crippen LogP contribution in [0.3, 0.4) is 0 Å². The van der Waals surface area contributed by atoms with Gasteiger partial charge in [0.15, 0.2) is 0 Å². The first kappa shape index (κ1) is 9.25. The molecule has 1 heterocycles. The molecule has 1 aliphatic heterocycles. The number of rotatable bonds is 2. The summed E-state index contributed by atoms with van der Waals surface area (Å²) in [6, 6.07) is 0. The van der Waals surface area contributed by atoms with E-state index in [2.05, 4.69) is 12.2 Å².